The van der Waals surface area contributed by atoms with Crippen molar-refractivity contribution in [3.05, 3.63) is 29.6 Å². The van der Waals surface area contributed by atoms with Gasteiger partial charge < -0.3 is 14.2 Å². The smallest absolute Gasteiger partial charge is 0.170 e. The number of ketones is 1. The van der Waals surface area contributed by atoms with E-state index >= 15 is 0 Å². The van der Waals surface area contributed by atoms with Gasteiger partial charge in [0.2, 0.25) is 0 Å². The van der Waals surface area contributed by atoms with Crippen molar-refractivity contribution in [3.63, 3.8) is 0 Å². The van der Waals surface area contributed by atoms with Crippen LogP contribution in [-0.2, 0) is 9.47 Å². The minimum Gasteiger partial charge on any atom is -0.486 e. The number of fused-ring (bicyclic) bond motifs is 1. The lowest BCUT2D eigenvalue weighted by Gasteiger charge is -2.29. The van der Waals surface area contributed by atoms with E-state index in [4.69, 9.17) is 14.2 Å². The Kier molecular flexibility index (Phi) is 4.64. The topological polar surface area (TPSA) is 44.8 Å². The third-order valence-electron chi connectivity index (χ3n) is 3.35. The summed E-state index contributed by atoms with van der Waals surface area (Å²) in [7, 11) is 0. The fourth-order valence-electron chi connectivity index (χ4n) is 2.43. The molecule has 0 amide bonds. The van der Waals surface area contributed by atoms with Gasteiger partial charge in [0.1, 0.15) is 23.8 Å². The van der Waals surface area contributed by atoms with Crippen LogP contribution in [0.1, 0.15) is 44.5 Å². The monoisotopic (exact) mass is 296 g/mol. The minimum atomic E-state index is -0.653. The van der Waals surface area contributed by atoms with Crippen LogP contribution in [0.15, 0.2) is 18.2 Å². The molecular formula is C16H21FO4. The van der Waals surface area contributed by atoms with Gasteiger partial charge in [-0.2, -0.15) is 0 Å². The van der Waals surface area contributed by atoms with Gasteiger partial charge in [-0.15, -0.1) is 0 Å². The number of rotatable bonds is 1. The Hall–Kier alpha value is -1.46. The minimum absolute atomic E-state index is 0.126. The van der Waals surface area contributed by atoms with Crippen molar-refractivity contribution in [2.45, 2.75) is 52.1 Å². The Morgan fingerprint density at radius 2 is 1.95 bits per heavy atom. The summed E-state index contributed by atoms with van der Waals surface area (Å²) in [4.78, 5) is 12.0. The van der Waals surface area contributed by atoms with Crippen molar-refractivity contribution < 1.29 is 23.4 Å². The van der Waals surface area contributed by atoms with Gasteiger partial charge in [-0.3, -0.25) is 4.79 Å². The summed E-state index contributed by atoms with van der Waals surface area (Å²) in [6.07, 6.45) is -0.481. The second kappa shape index (κ2) is 6.12. The number of carbonyl (C=O) groups is 1. The molecule has 4 nitrogen and oxygen atoms in total. The SMILES string of the molecule is CC.CC1(C)OC[C@H]([C@H]2CC(=O)c3cc(F)ccc3O2)O1. The molecule has 0 bridgehead atoms. The van der Waals surface area contributed by atoms with E-state index < -0.39 is 11.6 Å². The van der Waals surface area contributed by atoms with Crippen LogP contribution in [0.3, 0.4) is 0 Å². The largest absolute Gasteiger partial charge is 0.486 e. The van der Waals surface area contributed by atoms with E-state index in [9.17, 15) is 9.18 Å². The Labute approximate surface area is 124 Å². The third kappa shape index (κ3) is 3.41. The van der Waals surface area contributed by atoms with E-state index in [1.54, 1.807) is 0 Å². The van der Waals surface area contributed by atoms with E-state index in [0.29, 0.717) is 17.9 Å². The maximum atomic E-state index is 13.1. The molecule has 0 aliphatic carbocycles. The van der Waals surface area contributed by atoms with Gasteiger partial charge in [-0.25, -0.2) is 4.39 Å². The predicted octanol–water partition coefficient (Wildman–Crippen LogP) is 3.34. The number of ether oxygens (including phenoxy) is 3. The molecule has 1 saturated heterocycles. The first-order valence-corrected chi connectivity index (χ1v) is 7.26. The van der Waals surface area contributed by atoms with E-state index in [0.717, 1.165) is 0 Å². The number of hydrogen-bond acceptors (Lipinski definition) is 4. The van der Waals surface area contributed by atoms with Crippen molar-refractivity contribution in [1.82, 2.24) is 0 Å². The first-order chi connectivity index (χ1) is 9.94. The van der Waals surface area contributed by atoms with Crippen molar-refractivity contribution in [1.29, 1.82) is 0 Å². The summed E-state index contributed by atoms with van der Waals surface area (Å²) in [6, 6.07) is 3.98. The third-order valence-corrected chi connectivity index (χ3v) is 3.35. The Balaban J connectivity index is 0.000000774. The average molecular weight is 296 g/mol. The molecule has 0 saturated carbocycles. The van der Waals surface area contributed by atoms with E-state index in [2.05, 4.69) is 0 Å². The quantitative estimate of drug-likeness (QED) is 0.797. The van der Waals surface area contributed by atoms with Crippen molar-refractivity contribution in [3.8, 4) is 5.75 Å². The molecule has 1 aromatic carbocycles. The zero-order chi connectivity index (χ0) is 15.6. The highest BCUT2D eigenvalue weighted by molar-refractivity contribution is 5.99. The molecule has 0 unspecified atom stereocenters. The fraction of sp³-hybridized carbons (Fsp3) is 0.562. The van der Waals surface area contributed by atoms with Crippen molar-refractivity contribution in [2.75, 3.05) is 6.61 Å². The van der Waals surface area contributed by atoms with Crippen LogP contribution in [0.25, 0.3) is 0 Å². The molecule has 0 spiro atoms. The highest BCUT2D eigenvalue weighted by Crippen LogP contribution is 2.33. The maximum absolute atomic E-state index is 13.1. The van der Waals surface area contributed by atoms with Gasteiger partial charge in [0.25, 0.3) is 0 Å². The molecule has 116 valence electrons. The molecule has 0 radical (unpaired) electrons. The van der Waals surface area contributed by atoms with E-state index in [1.807, 2.05) is 27.7 Å². The number of benzene rings is 1. The first kappa shape index (κ1) is 15.9. The van der Waals surface area contributed by atoms with Crippen LogP contribution in [-0.4, -0.2) is 30.4 Å². The lowest BCUT2D eigenvalue weighted by molar-refractivity contribution is -0.149. The van der Waals surface area contributed by atoms with Crippen LogP contribution in [0.5, 0.6) is 5.75 Å². The molecule has 3 rings (SSSR count). The van der Waals surface area contributed by atoms with Crippen LogP contribution in [0.2, 0.25) is 0 Å². The molecule has 5 heteroatoms. The summed E-state index contributed by atoms with van der Waals surface area (Å²) in [5, 5.41) is 0. The fourth-order valence-corrected chi connectivity index (χ4v) is 2.43. The predicted molar refractivity (Wildman–Crippen MR) is 76.0 cm³/mol. The summed E-state index contributed by atoms with van der Waals surface area (Å²) in [6.45, 7) is 8.03. The molecule has 1 aromatic rings. The Bertz CT molecular complexity index is 527. The maximum Gasteiger partial charge on any atom is 0.170 e. The Morgan fingerprint density at radius 3 is 2.57 bits per heavy atom. The van der Waals surface area contributed by atoms with Crippen LogP contribution >= 0.6 is 0 Å². The molecule has 2 heterocycles. The molecular weight excluding hydrogens is 275 g/mol. The molecule has 21 heavy (non-hydrogen) atoms. The summed E-state index contributed by atoms with van der Waals surface area (Å²) < 4.78 is 30.0. The second-order valence-electron chi connectivity index (χ2n) is 5.29. The van der Waals surface area contributed by atoms with Gasteiger partial charge >= 0.3 is 0 Å². The van der Waals surface area contributed by atoms with Gasteiger partial charge in [0, 0.05) is 0 Å². The summed E-state index contributed by atoms with van der Waals surface area (Å²) in [5.41, 5.74) is 0.300. The van der Waals surface area contributed by atoms with Crippen LogP contribution < -0.4 is 4.74 Å². The van der Waals surface area contributed by atoms with Gasteiger partial charge in [0.15, 0.2) is 11.6 Å². The van der Waals surface area contributed by atoms with Crippen LogP contribution in [0.4, 0.5) is 4.39 Å². The van der Waals surface area contributed by atoms with Crippen molar-refractivity contribution >= 4 is 5.78 Å². The highest BCUT2D eigenvalue weighted by Gasteiger charge is 2.41. The molecule has 2 aliphatic heterocycles. The summed E-state index contributed by atoms with van der Waals surface area (Å²) in [5.74, 6) is -0.800. The molecule has 2 atom stereocenters. The Morgan fingerprint density at radius 1 is 1.24 bits per heavy atom. The number of Topliss-reactive ketones (excluding diaryl/α,β-unsaturated/α-hetero) is 1. The number of halogens is 1. The van der Waals surface area contributed by atoms with Crippen molar-refractivity contribution in [2.24, 2.45) is 0 Å². The average Bonchev–Trinajstić information content (AvgIpc) is 2.82. The van der Waals surface area contributed by atoms with Crippen LogP contribution in [0, 0.1) is 5.82 Å². The standard InChI is InChI=1S/C14H15FO4.C2H6/c1-14(2)17-7-13(19-14)12-6-10(16)9-5-8(15)3-4-11(9)18-12;1-2/h3-5,12-13H,6-7H2,1-2H3;1-2H3/t12-,13-;/m1./s1. The van der Waals surface area contributed by atoms with E-state index in [1.165, 1.54) is 18.2 Å². The molecule has 1 fully saturated rings. The van der Waals surface area contributed by atoms with Gasteiger partial charge in [-0.1, -0.05) is 13.8 Å². The first-order valence-electron chi connectivity index (χ1n) is 7.26. The normalized spacial score (nSPS) is 26.4. The van der Waals surface area contributed by atoms with E-state index in [-0.39, 0.29) is 24.4 Å². The molecule has 0 N–H and O–H groups in total. The lowest BCUT2D eigenvalue weighted by Crippen LogP contribution is -2.39. The molecule has 0 aromatic heterocycles. The lowest BCUT2D eigenvalue weighted by atomic mass is 9.98. The number of hydrogen-bond donors (Lipinski definition) is 0. The van der Waals surface area contributed by atoms with Gasteiger partial charge in [-0.05, 0) is 32.0 Å². The number of carbonyl (C=O) groups excluding carboxylic acids is 1. The van der Waals surface area contributed by atoms with Gasteiger partial charge in [0.05, 0.1) is 18.6 Å². The second-order valence-corrected chi connectivity index (χ2v) is 5.29. The highest BCUT2D eigenvalue weighted by atomic mass is 19.1. The zero-order valence-electron chi connectivity index (χ0n) is 12.8. The summed E-state index contributed by atoms with van der Waals surface area (Å²) >= 11 is 0. The zero-order valence-corrected chi connectivity index (χ0v) is 12.8. The molecule has 2 aliphatic rings.